The van der Waals surface area contributed by atoms with Crippen molar-refractivity contribution >= 4 is 15.7 Å². The Morgan fingerprint density at radius 3 is 2.26 bits per heavy atom. The molecule has 0 atom stereocenters. The van der Waals surface area contributed by atoms with Crippen molar-refractivity contribution in [2.75, 3.05) is 6.54 Å². The smallest absolute Gasteiger partial charge is 0.286 e. The van der Waals surface area contributed by atoms with Crippen molar-refractivity contribution in [1.29, 1.82) is 0 Å². The van der Waals surface area contributed by atoms with Crippen molar-refractivity contribution < 1.29 is 17.6 Å². The van der Waals surface area contributed by atoms with E-state index in [1.807, 2.05) is 30.3 Å². The number of hydrogen-bond donors (Lipinski definition) is 1. The summed E-state index contributed by atoms with van der Waals surface area (Å²) in [4.78, 5) is 12.4. The van der Waals surface area contributed by atoms with Crippen LogP contribution in [-0.2, 0) is 22.0 Å². The average Bonchev–Trinajstić information content (AvgIpc) is 3.14. The molecule has 3 aromatic rings. The van der Waals surface area contributed by atoms with Gasteiger partial charge in [-0.05, 0) is 42.7 Å². The van der Waals surface area contributed by atoms with E-state index in [9.17, 15) is 13.2 Å². The van der Waals surface area contributed by atoms with E-state index >= 15 is 0 Å². The molecule has 0 spiro atoms. The number of carbonyl (C=O) groups excluding carboxylic acids is 1. The van der Waals surface area contributed by atoms with Crippen LogP contribution in [0.2, 0.25) is 0 Å². The number of carbonyl (C=O) groups is 1. The predicted octanol–water partition coefficient (Wildman–Crippen LogP) is 3.62. The van der Waals surface area contributed by atoms with Gasteiger partial charge in [0.1, 0.15) is 11.5 Å². The topological polar surface area (TPSA) is 76.4 Å². The number of furan rings is 1. The van der Waals surface area contributed by atoms with Crippen LogP contribution in [0.15, 0.2) is 82.1 Å². The first kappa shape index (κ1) is 18.9. The molecule has 5 nitrogen and oxygen atoms in total. The second-order valence-corrected chi connectivity index (χ2v) is 8.17. The van der Waals surface area contributed by atoms with Gasteiger partial charge in [-0.3, -0.25) is 4.79 Å². The van der Waals surface area contributed by atoms with E-state index in [1.54, 1.807) is 30.3 Å². The molecule has 6 heteroatoms. The second kappa shape index (κ2) is 8.68. The van der Waals surface area contributed by atoms with E-state index in [4.69, 9.17) is 4.42 Å². The fourth-order valence-corrected chi connectivity index (χ4v) is 3.97. The van der Waals surface area contributed by atoms with Gasteiger partial charge in [0.2, 0.25) is 0 Å². The summed E-state index contributed by atoms with van der Waals surface area (Å²) in [6.45, 7) is 0.520. The van der Waals surface area contributed by atoms with Crippen LogP contribution in [0, 0.1) is 0 Å². The minimum Gasteiger partial charge on any atom is -0.455 e. The van der Waals surface area contributed by atoms with Crippen LogP contribution in [0.25, 0.3) is 0 Å². The summed E-state index contributed by atoms with van der Waals surface area (Å²) in [5, 5.41) is 2.79. The molecule has 0 saturated heterocycles. The summed E-state index contributed by atoms with van der Waals surface area (Å²) in [6.07, 6.45) is 1.69. The van der Waals surface area contributed by atoms with Crippen molar-refractivity contribution in [3.63, 3.8) is 0 Å². The summed E-state index contributed by atoms with van der Waals surface area (Å²) < 4.78 is 30.2. The van der Waals surface area contributed by atoms with Crippen molar-refractivity contribution in [3.8, 4) is 0 Å². The van der Waals surface area contributed by atoms with E-state index in [0.29, 0.717) is 6.54 Å². The second-order valence-electron chi connectivity index (χ2n) is 6.18. The largest absolute Gasteiger partial charge is 0.455 e. The zero-order chi connectivity index (χ0) is 19.1. The summed E-state index contributed by atoms with van der Waals surface area (Å²) in [5.41, 5.74) is 1.22. The lowest BCUT2D eigenvalue weighted by molar-refractivity contribution is 0.0924. The lowest BCUT2D eigenvalue weighted by Gasteiger charge is -2.04. The van der Waals surface area contributed by atoms with Crippen molar-refractivity contribution in [3.05, 3.63) is 89.9 Å². The minimum atomic E-state index is -3.50. The van der Waals surface area contributed by atoms with Gasteiger partial charge in [0, 0.05) is 6.54 Å². The van der Waals surface area contributed by atoms with Crippen LogP contribution in [0.3, 0.4) is 0 Å². The molecule has 27 heavy (non-hydrogen) atoms. The lowest BCUT2D eigenvalue weighted by Crippen LogP contribution is -2.24. The first-order valence-electron chi connectivity index (χ1n) is 8.73. The van der Waals surface area contributed by atoms with Crippen LogP contribution in [0.4, 0.5) is 0 Å². The molecule has 1 amide bonds. The van der Waals surface area contributed by atoms with E-state index < -0.39 is 9.84 Å². The van der Waals surface area contributed by atoms with Gasteiger partial charge in [-0.25, -0.2) is 8.42 Å². The minimum absolute atomic E-state index is 0.118. The van der Waals surface area contributed by atoms with Crippen LogP contribution in [0.5, 0.6) is 0 Å². The predicted molar refractivity (Wildman–Crippen MR) is 103 cm³/mol. The average molecular weight is 383 g/mol. The normalized spacial score (nSPS) is 11.3. The Balaban J connectivity index is 1.52. The standard InChI is InChI=1S/C21H21NO4S/c23-21(22-15-7-10-17-8-3-1-4-9-17)20-14-13-18(26-20)16-27(24,25)19-11-5-2-6-12-19/h1-6,8-9,11-14H,7,10,15-16H2,(H,22,23). The fraction of sp³-hybridized carbons (Fsp3) is 0.190. The Morgan fingerprint density at radius 2 is 1.56 bits per heavy atom. The Kier molecular flexibility index (Phi) is 6.08. The van der Waals surface area contributed by atoms with Gasteiger partial charge in [-0.15, -0.1) is 0 Å². The number of benzene rings is 2. The first-order valence-corrected chi connectivity index (χ1v) is 10.4. The highest BCUT2D eigenvalue weighted by Crippen LogP contribution is 2.18. The zero-order valence-electron chi connectivity index (χ0n) is 14.8. The third kappa shape index (κ3) is 5.31. The molecule has 1 N–H and O–H groups in total. The zero-order valence-corrected chi connectivity index (χ0v) is 15.6. The molecule has 1 heterocycles. The van der Waals surface area contributed by atoms with Crippen molar-refractivity contribution in [2.24, 2.45) is 0 Å². The molecule has 2 aromatic carbocycles. The molecule has 0 fully saturated rings. The Hall–Kier alpha value is -2.86. The highest BCUT2D eigenvalue weighted by Gasteiger charge is 2.19. The molecule has 0 aliphatic rings. The van der Waals surface area contributed by atoms with E-state index in [0.717, 1.165) is 12.8 Å². The van der Waals surface area contributed by atoms with Crippen LogP contribution < -0.4 is 5.32 Å². The highest BCUT2D eigenvalue weighted by molar-refractivity contribution is 7.90. The molecule has 0 aliphatic carbocycles. The molecule has 0 aliphatic heterocycles. The maximum atomic E-state index is 12.4. The van der Waals surface area contributed by atoms with Gasteiger partial charge in [-0.1, -0.05) is 48.5 Å². The van der Waals surface area contributed by atoms with Gasteiger partial charge >= 0.3 is 0 Å². The molecule has 0 bridgehead atoms. The monoisotopic (exact) mass is 383 g/mol. The number of hydrogen-bond acceptors (Lipinski definition) is 4. The summed E-state index contributed by atoms with van der Waals surface area (Å²) in [5.74, 6) is -0.258. The van der Waals surface area contributed by atoms with Gasteiger partial charge in [0.25, 0.3) is 5.91 Å². The molecular formula is C21H21NO4S. The molecular weight excluding hydrogens is 362 g/mol. The van der Waals surface area contributed by atoms with Crippen molar-refractivity contribution in [1.82, 2.24) is 5.32 Å². The SMILES string of the molecule is O=C(NCCCc1ccccc1)c1ccc(CS(=O)(=O)c2ccccc2)o1. The van der Waals surface area contributed by atoms with Gasteiger partial charge in [0.05, 0.1) is 4.90 Å². The molecule has 140 valence electrons. The van der Waals surface area contributed by atoms with Gasteiger partial charge in [-0.2, -0.15) is 0 Å². The lowest BCUT2D eigenvalue weighted by atomic mass is 10.1. The Labute approximate surface area is 159 Å². The van der Waals surface area contributed by atoms with Crippen LogP contribution in [0.1, 0.15) is 28.3 Å². The molecule has 0 radical (unpaired) electrons. The maximum absolute atomic E-state index is 12.4. The number of amides is 1. The summed E-state index contributed by atoms with van der Waals surface area (Å²) in [7, 11) is -3.50. The third-order valence-corrected chi connectivity index (χ3v) is 5.75. The summed E-state index contributed by atoms with van der Waals surface area (Å²) >= 11 is 0. The van der Waals surface area contributed by atoms with E-state index in [2.05, 4.69) is 5.32 Å². The van der Waals surface area contributed by atoms with Gasteiger partial charge < -0.3 is 9.73 Å². The molecule has 0 unspecified atom stereocenters. The number of nitrogens with one attached hydrogen (secondary N) is 1. The molecule has 3 rings (SSSR count). The number of rotatable bonds is 8. The Morgan fingerprint density at radius 1 is 0.889 bits per heavy atom. The van der Waals surface area contributed by atoms with E-state index in [-0.39, 0.29) is 28.1 Å². The maximum Gasteiger partial charge on any atom is 0.286 e. The van der Waals surface area contributed by atoms with Crippen molar-refractivity contribution in [2.45, 2.75) is 23.5 Å². The van der Waals surface area contributed by atoms with Crippen LogP contribution >= 0.6 is 0 Å². The van der Waals surface area contributed by atoms with E-state index in [1.165, 1.54) is 17.7 Å². The van der Waals surface area contributed by atoms with Gasteiger partial charge in [0.15, 0.2) is 15.6 Å². The quantitative estimate of drug-likeness (QED) is 0.603. The number of sulfone groups is 1. The van der Waals surface area contributed by atoms with Crippen LogP contribution in [-0.4, -0.2) is 20.9 Å². The molecule has 1 aromatic heterocycles. The Bertz CT molecular complexity index is 979. The molecule has 0 saturated carbocycles. The fourth-order valence-electron chi connectivity index (χ4n) is 2.70. The highest BCUT2D eigenvalue weighted by atomic mass is 32.2. The number of aryl methyl sites for hydroxylation is 1. The third-order valence-electron chi connectivity index (χ3n) is 4.09. The first-order chi connectivity index (χ1) is 13.0. The summed E-state index contributed by atoms with van der Waals surface area (Å²) in [6, 6.07) is 21.3.